The van der Waals surface area contributed by atoms with Crippen LogP contribution in [-0.2, 0) is 0 Å². The summed E-state index contributed by atoms with van der Waals surface area (Å²) in [5.74, 6) is -1.02. The minimum absolute atomic E-state index is 0.00246. The summed E-state index contributed by atoms with van der Waals surface area (Å²) in [6.07, 6.45) is 1.11. The molecule has 0 atom stereocenters. The van der Waals surface area contributed by atoms with Crippen molar-refractivity contribution in [2.45, 2.75) is 0 Å². The monoisotopic (exact) mass is 338 g/mol. The van der Waals surface area contributed by atoms with Crippen LogP contribution < -0.4 is 4.74 Å². The second-order valence-corrected chi connectivity index (χ2v) is 4.58. The number of nitro benzene ring substituents is 1. The highest BCUT2D eigenvalue weighted by atomic mass is 79.9. The summed E-state index contributed by atoms with van der Waals surface area (Å²) in [7, 11) is 0. The van der Waals surface area contributed by atoms with Crippen LogP contribution in [0.15, 0.2) is 41.0 Å². The first-order chi connectivity index (χ1) is 9.47. The SMILES string of the molecule is O=C(O)c1ccc(Oc2ccc(Br)cc2[N+](=O)[O-])nc1. The van der Waals surface area contributed by atoms with Crippen LogP contribution in [0.3, 0.4) is 0 Å². The molecule has 0 aliphatic carbocycles. The predicted molar refractivity (Wildman–Crippen MR) is 72.1 cm³/mol. The van der Waals surface area contributed by atoms with Crippen LogP contribution in [0, 0.1) is 10.1 Å². The number of carbonyl (C=O) groups is 1. The molecule has 1 aromatic heterocycles. The topological polar surface area (TPSA) is 103 Å². The normalized spacial score (nSPS) is 10.1. The molecular weight excluding hydrogens is 332 g/mol. The van der Waals surface area contributed by atoms with Crippen molar-refractivity contribution < 1.29 is 19.6 Å². The highest BCUT2D eigenvalue weighted by molar-refractivity contribution is 9.10. The lowest BCUT2D eigenvalue weighted by molar-refractivity contribution is -0.385. The Morgan fingerprint density at radius 1 is 1.35 bits per heavy atom. The molecule has 0 radical (unpaired) electrons. The van der Waals surface area contributed by atoms with Crippen molar-refractivity contribution in [1.82, 2.24) is 4.98 Å². The number of carboxylic acids is 1. The van der Waals surface area contributed by atoms with E-state index in [4.69, 9.17) is 9.84 Å². The average Bonchev–Trinajstić information content (AvgIpc) is 2.41. The minimum atomic E-state index is -1.11. The third kappa shape index (κ3) is 3.09. The molecule has 0 spiro atoms. The fraction of sp³-hybridized carbons (Fsp3) is 0. The molecule has 0 aliphatic rings. The fourth-order valence-electron chi connectivity index (χ4n) is 1.40. The Labute approximate surface area is 121 Å². The van der Waals surface area contributed by atoms with Gasteiger partial charge in [-0.1, -0.05) is 15.9 Å². The van der Waals surface area contributed by atoms with E-state index in [1.807, 2.05) is 0 Å². The zero-order valence-electron chi connectivity index (χ0n) is 9.82. The summed E-state index contributed by atoms with van der Waals surface area (Å²) in [6.45, 7) is 0. The van der Waals surface area contributed by atoms with E-state index < -0.39 is 10.9 Å². The number of rotatable bonds is 4. The molecular formula is C12H7BrN2O5. The van der Waals surface area contributed by atoms with Crippen LogP contribution in [0.5, 0.6) is 11.6 Å². The fourth-order valence-corrected chi connectivity index (χ4v) is 1.75. The Balaban J connectivity index is 2.30. The van der Waals surface area contributed by atoms with Crippen molar-refractivity contribution in [1.29, 1.82) is 0 Å². The maximum Gasteiger partial charge on any atom is 0.337 e. The zero-order valence-corrected chi connectivity index (χ0v) is 11.4. The maximum atomic E-state index is 10.9. The predicted octanol–water partition coefficient (Wildman–Crippen LogP) is 3.24. The van der Waals surface area contributed by atoms with Crippen LogP contribution >= 0.6 is 15.9 Å². The van der Waals surface area contributed by atoms with E-state index in [2.05, 4.69) is 20.9 Å². The van der Waals surface area contributed by atoms with Crippen molar-refractivity contribution in [3.63, 3.8) is 0 Å². The molecule has 0 aliphatic heterocycles. The molecule has 102 valence electrons. The molecule has 1 heterocycles. The van der Waals surface area contributed by atoms with Gasteiger partial charge in [0.2, 0.25) is 11.6 Å². The van der Waals surface area contributed by atoms with Gasteiger partial charge in [0.1, 0.15) is 0 Å². The highest BCUT2D eigenvalue weighted by Crippen LogP contribution is 2.32. The van der Waals surface area contributed by atoms with Gasteiger partial charge >= 0.3 is 11.7 Å². The molecule has 7 nitrogen and oxygen atoms in total. The third-order valence-corrected chi connectivity index (χ3v) is 2.81. The summed E-state index contributed by atoms with van der Waals surface area (Å²) < 4.78 is 5.84. The van der Waals surface area contributed by atoms with Crippen LogP contribution in [0.1, 0.15) is 10.4 Å². The maximum absolute atomic E-state index is 10.9. The van der Waals surface area contributed by atoms with Gasteiger partial charge in [0.25, 0.3) is 0 Å². The first kappa shape index (κ1) is 13.9. The Kier molecular flexibility index (Phi) is 3.94. The largest absolute Gasteiger partial charge is 0.478 e. The van der Waals surface area contributed by atoms with Crippen LogP contribution in [0.4, 0.5) is 5.69 Å². The minimum Gasteiger partial charge on any atom is -0.478 e. The summed E-state index contributed by atoms with van der Waals surface area (Å²) in [4.78, 5) is 24.8. The van der Waals surface area contributed by atoms with Crippen LogP contribution in [-0.4, -0.2) is 21.0 Å². The molecule has 20 heavy (non-hydrogen) atoms. The molecule has 0 saturated heterocycles. The summed E-state index contributed by atoms with van der Waals surface area (Å²) in [5.41, 5.74) is -0.217. The molecule has 0 saturated carbocycles. The molecule has 0 amide bonds. The van der Waals surface area contributed by atoms with Crippen LogP contribution in [0.2, 0.25) is 0 Å². The van der Waals surface area contributed by atoms with E-state index in [0.29, 0.717) is 4.47 Å². The number of nitrogens with zero attached hydrogens (tertiary/aromatic N) is 2. The summed E-state index contributed by atoms with van der Waals surface area (Å²) in [5, 5.41) is 19.7. The average molecular weight is 339 g/mol. The Bertz CT molecular complexity index is 672. The lowest BCUT2D eigenvalue weighted by atomic mass is 10.3. The highest BCUT2D eigenvalue weighted by Gasteiger charge is 2.16. The van der Waals surface area contributed by atoms with Gasteiger partial charge in [-0.3, -0.25) is 10.1 Å². The number of hydrogen-bond acceptors (Lipinski definition) is 5. The molecule has 2 aromatic rings. The van der Waals surface area contributed by atoms with E-state index >= 15 is 0 Å². The van der Waals surface area contributed by atoms with E-state index in [1.165, 1.54) is 24.3 Å². The van der Waals surface area contributed by atoms with Gasteiger partial charge in [-0.15, -0.1) is 0 Å². The van der Waals surface area contributed by atoms with Gasteiger partial charge in [-0.05, 0) is 18.2 Å². The number of aromatic nitrogens is 1. The Morgan fingerprint density at radius 3 is 2.65 bits per heavy atom. The molecule has 0 bridgehead atoms. The number of pyridine rings is 1. The van der Waals surface area contributed by atoms with E-state index in [9.17, 15) is 14.9 Å². The van der Waals surface area contributed by atoms with Crippen molar-refractivity contribution in [3.05, 3.63) is 56.7 Å². The number of aromatic carboxylic acids is 1. The lowest BCUT2D eigenvalue weighted by Crippen LogP contribution is -1.98. The van der Waals surface area contributed by atoms with E-state index in [-0.39, 0.29) is 22.9 Å². The Hall–Kier alpha value is -2.48. The van der Waals surface area contributed by atoms with Gasteiger partial charge in [0, 0.05) is 22.8 Å². The van der Waals surface area contributed by atoms with Gasteiger partial charge in [0.05, 0.1) is 10.5 Å². The van der Waals surface area contributed by atoms with Crippen molar-refractivity contribution in [2.24, 2.45) is 0 Å². The second-order valence-electron chi connectivity index (χ2n) is 3.66. The Morgan fingerprint density at radius 2 is 2.10 bits per heavy atom. The smallest absolute Gasteiger partial charge is 0.337 e. The van der Waals surface area contributed by atoms with Gasteiger partial charge < -0.3 is 9.84 Å². The van der Waals surface area contributed by atoms with Crippen molar-refractivity contribution in [2.75, 3.05) is 0 Å². The number of hydrogen-bond donors (Lipinski definition) is 1. The van der Waals surface area contributed by atoms with Crippen molar-refractivity contribution >= 4 is 27.6 Å². The molecule has 8 heteroatoms. The third-order valence-electron chi connectivity index (χ3n) is 2.32. The number of benzene rings is 1. The molecule has 2 rings (SSSR count). The van der Waals surface area contributed by atoms with E-state index in [1.54, 1.807) is 6.07 Å². The van der Waals surface area contributed by atoms with Gasteiger partial charge in [-0.2, -0.15) is 0 Å². The number of nitro groups is 1. The molecule has 0 unspecified atom stereocenters. The van der Waals surface area contributed by atoms with Gasteiger partial charge in [0.15, 0.2) is 0 Å². The molecule has 1 aromatic carbocycles. The summed E-state index contributed by atoms with van der Waals surface area (Å²) >= 11 is 3.13. The summed E-state index contributed by atoms with van der Waals surface area (Å²) in [6, 6.07) is 6.95. The first-order valence-electron chi connectivity index (χ1n) is 5.28. The quantitative estimate of drug-likeness (QED) is 0.678. The number of carboxylic acid groups (broad SMARTS) is 1. The first-order valence-corrected chi connectivity index (χ1v) is 6.08. The van der Waals surface area contributed by atoms with Crippen LogP contribution in [0.25, 0.3) is 0 Å². The zero-order chi connectivity index (χ0) is 14.7. The number of halogens is 1. The van der Waals surface area contributed by atoms with E-state index in [0.717, 1.165) is 6.20 Å². The number of ether oxygens (including phenoxy) is 1. The molecule has 1 N–H and O–H groups in total. The molecule has 0 fully saturated rings. The second kappa shape index (κ2) is 5.66. The van der Waals surface area contributed by atoms with Crippen molar-refractivity contribution in [3.8, 4) is 11.6 Å². The van der Waals surface area contributed by atoms with Gasteiger partial charge in [-0.25, -0.2) is 9.78 Å². The lowest BCUT2D eigenvalue weighted by Gasteiger charge is -2.05. The standard InChI is InChI=1S/C12H7BrN2O5/c13-8-2-3-10(9(5-8)15(18)19)20-11-4-1-7(6-14-11)12(16)17/h1-6H,(H,16,17).